The van der Waals surface area contributed by atoms with Gasteiger partial charge in [0.25, 0.3) is 5.91 Å². The highest BCUT2D eigenvalue weighted by Gasteiger charge is 2.68. The van der Waals surface area contributed by atoms with Crippen molar-refractivity contribution < 1.29 is 33.1 Å². The fourth-order valence-corrected chi connectivity index (χ4v) is 6.43. The Kier molecular flexibility index (Phi) is 5.96. The van der Waals surface area contributed by atoms with E-state index in [4.69, 9.17) is 25.4 Å². The maximum atomic E-state index is 14.1. The zero-order chi connectivity index (χ0) is 25.7. The third kappa shape index (κ3) is 3.72. The number of Topliss-reactive ketones (excluding diaryl/α,β-unsaturated/α-hetero) is 1. The summed E-state index contributed by atoms with van der Waals surface area (Å²) in [4.78, 5) is 53.0. The van der Waals surface area contributed by atoms with Crippen LogP contribution in [0.3, 0.4) is 0 Å². The van der Waals surface area contributed by atoms with E-state index in [0.717, 1.165) is 0 Å². The second-order valence-corrected chi connectivity index (χ2v) is 10.0. The molecule has 1 amide bonds. The first kappa shape index (κ1) is 24.2. The van der Waals surface area contributed by atoms with Gasteiger partial charge in [0, 0.05) is 28.6 Å². The minimum atomic E-state index is -1.40. The van der Waals surface area contributed by atoms with Gasteiger partial charge in [0.1, 0.15) is 6.10 Å². The molecule has 10 nitrogen and oxygen atoms in total. The van der Waals surface area contributed by atoms with Crippen LogP contribution in [0, 0.1) is 17.8 Å². The molecule has 7 atom stereocenters. The van der Waals surface area contributed by atoms with Crippen LogP contribution in [0.25, 0.3) is 0 Å². The number of hydrogen-bond acceptors (Lipinski definition) is 9. The monoisotopic (exact) mass is 495 g/mol. The molecule has 36 heavy (non-hydrogen) atoms. The molecule has 0 unspecified atom stereocenters. The van der Waals surface area contributed by atoms with E-state index >= 15 is 0 Å². The van der Waals surface area contributed by atoms with Crippen molar-refractivity contribution in [2.24, 2.45) is 29.2 Å². The van der Waals surface area contributed by atoms with Crippen LogP contribution in [-0.2, 0) is 23.9 Å². The molecular formula is C26H29N3O7. The summed E-state index contributed by atoms with van der Waals surface area (Å²) in [6.45, 7) is 0. The Bertz CT molecular complexity index is 1180. The Morgan fingerprint density at radius 3 is 2.53 bits per heavy atom. The minimum Gasteiger partial charge on any atom is -0.472 e. The van der Waals surface area contributed by atoms with Crippen molar-refractivity contribution >= 4 is 23.6 Å². The standard InChI is InChI=1S/C26H29N3O7/c1-34-23(32)17-11-18(29-22(31)14-5-3-2-4-6-14)20(30)21-25(17,27)9-7-16-24(33)36-19(12-26(16,21)28)15-8-10-35-13-15/h2-6,8,10,13,16-19,21H,7,9,11-12,27-28H2,1H3,(H,29,31)/t16-,17-,18-,19-,21-,25+,26+/m0/s1. The number of esters is 2. The number of fused-ring (bicyclic) bond motifs is 3. The number of amides is 1. The minimum absolute atomic E-state index is 0.0204. The van der Waals surface area contributed by atoms with E-state index in [1.54, 1.807) is 36.4 Å². The number of carbonyl (C=O) groups is 4. The molecule has 3 fully saturated rings. The van der Waals surface area contributed by atoms with Gasteiger partial charge in [-0.05, 0) is 37.5 Å². The van der Waals surface area contributed by atoms with Crippen LogP contribution in [-0.4, -0.2) is 47.9 Å². The van der Waals surface area contributed by atoms with Crippen molar-refractivity contribution in [3.8, 4) is 0 Å². The number of nitrogens with two attached hydrogens (primary N) is 2. The van der Waals surface area contributed by atoms with Crippen LogP contribution >= 0.6 is 0 Å². The van der Waals surface area contributed by atoms with Gasteiger partial charge in [-0.2, -0.15) is 0 Å². The van der Waals surface area contributed by atoms with E-state index in [1.165, 1.54) is 19.6 Å². The highest BCUT2D eigenvalue weighted by Crippen LogP contribution is 2.55. The van der Waals surface area contributed by atoms with Gasteiger partial charge < -0.3 is 30.7 Å². The molecule has 3 aliphatic rings. The lowest BCUT2D eigenvalue weighted by molar-refractivity contribution is -0.183. The van der Waals surface area contributed by atoms with Crippen LogP contribution in [0.5, 0.6) is 0 Å². The molecule has 5 rings (SSSR count). The number of ether oxygens (including phenoxy) is 2. The van der Waals surface area contributed by atoms with Crippen LogP contribution in [0.2, 0.25) is 0 Å². The van der Waals surface area contributed by atoms with Crippen molar-refractivity contribution in [2.45, 2.75) is 48.9 Å². The largest absolute Gasteiger partial charge is 0.472 e. The third-order valence-corrected chi connectivity index (χ3v) is 8.16. The first-order chi connectivity index (χ1) is 17.2. The van der Waals surface area contributed by atoms with Gasteiger partial charge in [0.15, 0.2) is 5.78 Å². The van der Waals surface area contributed by atoms with Gasteiger partial charge in [0.05, 0.1) is 43.4 Å². The van der Waals surface area contributed by atoms with E-state index < -0.39 is 64.6 Å². The van der Waals surface area contributed by atoms with Gasteiger partial charge in [-0.15, -0.1) is 0 Å². The van der Waals surface area contributed by atoms with E-state index in [9.17, 15) is 19.2 Å². The zero-order valence-corrected chi connectivity index (χ0v) is 19.8. The fraction of sp³-hybridized carbons (Fsp3) is 0.462. The number of nitrogens with one attached hydrogen (secondary N) is 1. The number of benzene rings is 1. The molecule has 10 heteroatoms. The average Bonchev–Trinajstić information content (AvgIpc) is 3.40. The molecule has 1 saturated heterocycles. The molecule has 2 aromatic rings. The van der Waals surface area contributed by atoms with Crippen molar-refractivity contribution in [1.29, 1.82) is 0 Å². The second-order valence-electron chi connectivity index (χ2n) is 10.0. The average molecular weight is 496 g/mol. The SMILES string of the molecule is COC(=O)[C@@H]1C[C@H](NC(=O)c2ccccc2)C(=O)[C@H]2[C@@]1(N)CC[C@H]1C(=O)O[C@H](c3ccoc3)C[C@]21N. The molecule has 0 bridgehead atoms. The van der Waals surface area contributed by atoms with Gasteiger partial charge >= 0.3 is 11.9 Å². The molecule has 1 aromatic carbocycles. The molecule has 0 radical (unpaired) electrons. The van der Waals surface area contributed by atoms with Crippen molar-refractivity contribution in [3.63, 3.8) is 0 Å². The Hall–Kier alpha value is -3.50. The van der Waals surface area contributed by atoms with E-state index in [-0.39, 0.29) is 25.7 Å². The zero-order valence-electron chi connectivity index (χ0n) is 19.8. The highest BCUT2D eigenvalue weighted by molar-refractivity contribution is 6.00. The van der Waals surface area contributed by atoms with Gasteiger partial charge in [0.2, 0.25) is 0 Å². The first-order valence-electron chi connectivity index (χ1n) is 12.0. The number of ketones is 1. The number of carbonyl (C=O) groups excluding carboxylic acids is 4. The van der Waals surface area contributed by atoms with Gasteiger partial charge in [-0.3, -0.25) is 19.2 Å². The normalized spacial score (nSPS) is 35.7. The molecule has 5 N–H and O–H groups in total. The third-order valence-electron chi connectivity index (χ3n) is 8.16. The van der Waals surface area contributed by atoms with Crippen LogP contribution in [0.1, 0.15) is 47.7 Å². The van der Waals surface area contributed by atoms with E-state index in [0.29, 0.717) is 11.1 Å². The Labute approximate surface area is 207 Å². The second kappa shape index (κ2) is 8.86. The maximum absolute atomic E-state index is 14.1. The molecule has 2 aliphatic carbocycles. The summed E-state index contributed by atoms with van der Waals surface area (Å²) < 4.78 is 15.9. The molecule has 0 spiro atoms. The topological polar surface area (TPSA) is 164 Å². The summed E-state index contributed by atoms with van der Waals surface area (Å²) >= 11 is 0. The van der Waals surface area contributed by atoms with E-state index in [1.807, 2.05) is 0 Å². The number of furan rings is 1. The molecule has 1 aromatic heterocycles. The Morgan fingerprint density at radius 2 is 1.86 bits per heavy atom. The van der Waals surface area contributed by atoms with Crippen molar-refractivity contribution in [3.05, 3.63) is 60.1 Å². The number of hydrogen-bond donors (Lipinski definition) is 3. The van der Waals surface area contributed by atoms with Gasteiger partial charge in [-0.1, -0.05) is 18.2 Å². The fourth-order valence-electron chi connectivity index (χ4n) is 6.43. The lowest BCUT2D eigenvalue weighted by atomic mass is 9.48. The summed E-state index contributed by atoms with van der Waals surface area (Å²) in [6, 6.07) is 9.09. The summed E-state index contributed by atoms with van der Waals surface area (Å²) in [5.74, 6) is -4.73. The van der Waals surface area contributed by atoms with Crippen molar-refractivity contribution in [2.75, 3.05) is 7.11 Å². The Morgan fingerprint density at radius 1 is 1.11 bits per heavy atom. The van der Waals surface area contributed by atoms with Gasteiger partial charge in [-0.25, -0.2) is 0 Å². The number of cyclic esters (lactones) is 1. The van der Waals surface area contributed by atoms with Crippen molar-refractivity contribution in [1.82, 2.24) is 5.32 Å². The quantitative estimate of drug-likeness (QED) is 0.530. The summed E-state index contributed by atoms with van der Waals surface area (Å²) in [7, 11) is 1.26. The van der Waals surface area contributed by atoms with Crippen LogP contribution in [0.4, 0.5) is 0 Å². The predicted octanol–water partition coefficient (Wildman–Crippen LogP) is 1.25. The summed E-state index contributed by atoms with van der Waals surface area (Å²) in [5.41, 5.74) is 12.1. The molecule has 2 heterocycles. The smallest absolute Gasteiger partial charge is 0.311 e. The molecule has 2 saturated carbocycles. The lowest BCUT2D eigenvalue weighted by Gasteiger charge is -2.60. The molecular weight excluding hydrogens is 466 g/mol. The van der Waals surface area contributed by atoms with Crippen LogP contribution < -0.4 is 16.8 Å². The highest BCUT2D eigenvalue weighted by atomic mass is 16.5. The maximum Gasteiger partial charge on any atom is 0.311 e. The lowest BCUT2D eigenvalue weighted by Crippen LogP contribution is -2.79. The molecule has 190 valence electrons. The summed E-state index contributed by atoms with van der Waals surface area (Å²) in [6.07, 6.45) is 2.76. The van der Waals surface area contributed by atoms with Crippen LogP contribution in [0.15, 0.2) is 53.3 Å². The predicted molar refractivity (Wildman–Crippen MR) is 125 cm³/mol. The summed E-state index contributed by atoms with van der Waals surface area (Å²) in [5, 5.41) is 2.77. The number of methoxy groups -OCH3 is 1. The molecule has 1 aliphatic heterocycles. The number of rotatable bonds is 4. The van der Waals surface area contributed by atoms with E-state index in [2.05, 4.69) is 5.32 Å². The first-order valence-corrected chi connectivity index (χ1v) is 12.0. The Balaban J connectivity index is 1.54.